The molecule has 1 fully saturated rings. The fourth-order valence-electron chi connectivity index (χ4n) is 3.98. The summed E-state index contributed by atoms with van der Waals surface area (Å²) in [4.78, 5) is 36.0. The van der Waals surface area contributed by atoms with Gasteiger partial charge in [0.2, 0.25) is 5.91 Å². The average molecular weight is 422 g/mol. The van der Waals surface area contributed by atoms with Crippen molar-refractivity contribution in [2.24, 2.45) is 5.92 Å². The summed E-state index contributed by atoms with van der Waals surface area (Å²) in [7, 11) is 0. The van der Waals surface area contributed by atoms with E-state index in [1.165, 1.54) is 0 Å². The number of nitrogens with zero attached hydrogens (tertiary/aromatic N) is 3. The maximum absolute atomic E-state index is 12.2. The summed E-state index contributed by atoms with van der Waals surface area (Å²) in [5.41, 5.74) is 2.22. The van der Waals surface area contributed by atoms with Crippen LogP contribution < -0.4 is 10.2 Å². The number of hydrogen-bond donors (Lipinski definition) is 3. The van der Waals surface area contributed by atoms with E-state index < -0.39 is 12.0 Å². The molecule has 1 unspecified atom stereocenters. The summed E-state index contributed by atoms with van der Waals surface area (Å²) in [5.74, 6) is -0.127. The Morgan fingerprint density at radius 1 is 1.13 bits per heavy atom. The van der Waals surface area contributed by atoms with Gasteiger partial charge in [0, 0.05) is 66.6 Å². The zero-order chi connectivity index (χ0) is 22.0. The molecule has 3 aromatic rings. The third-order valence-electron chi connectivity index (χ3n) is 5.69. The highest BCUT2D eigenvalue weighted by Crippen LogP contribution is 2.31. The van der Waals surface area contributed by atoms with Gasteiger partial charge in [-0.3, -0.25) is 14.5 Å². The molecule has 8 heteroatoms. The van der Waals surface area contributed by atoms with E-state index >= 15 is 0 Å². The van der Waals surface area contributed by atoms with Gasteiger partial charge in [-0.15, -0.1) is 0 Å². The Hall–Kier alpha value is -3.39. The Bertz CT molecular complexity index is 1070. The SMILES string of the molecule is CC(C)C(=O)Nc1ccc2c(C(C(=O)O)N3CCN(c4ccccn4)CC3)c[nH]c2c1. The molecule has 2 aromatic heterocycles. The molecule has 4 rings (SSSR count). The Morgan fingerprint density at radius 2 is 1.90 bits per heavy atom. The smallest absolute Gasteiger partial charge is 0.325 e. The molecule has 3 heterocycles. The van der Waals surface area contributed by atoms with Gasteiger partial charge in [-0.05, 0) is 24.3 Å². The molecule has 1 aliphatic rings. The van der Waals surface area contributed by atoms with Gasteiger partial charge in [0.1, 0.15) is 11.9 Å². The summed E-state index contributed by atoms with van der Waals surface area (Å²) >= 11 is 0. The van der Waals surface area contributed by atoms with Crippen LogP contribution in [0.25, 0.3) is 10.9 Å². The molecule has 162 valence electrons. The minimum absolute atomic E-state index is 0.0553. The van der Waals surface area contributed by atoms with Gasteiger partial charge in [0.05, 0.1) is 0 Å². The number of H-pyrrole nitrogens is 1. The number of carboxylic acid groups (broad SMARTS) is 1. The summed E-state index contributed by atoms with van der Waals surface area (Å²) in [5, 5.41) is 13.8. The van der Waals surface area contributed by atoms with Gasteiger partial charge in [-0.1, -0.05) is 26.0 Å². The van der Waals surface area contributed by atoms with Gasteiger partial charge in [0.25, 0.3) is 0 Å². The lowest BCUT2D eigenvalue weighted by Gasteiger charge is -2.38. The number of carbonyl (C=O) groups excluding carboxylic acids is 1. The highest BCUT2D eigenvalue weighted by atomic mass is 16.4. The van der Waals surface area contributed by atoms with Crippen molar-refractivity contribution in [1.29, 1.82) is 0 Å². The second-order valence-corrected chi connectivity index (χ2v) is 8.10. The number of anilines is 2. The monoisotopic (exact) mass is 421 g/mol. The minimum Gasteiger partial charge on any atom is -0.480 e. The number of fused-ring (bicyclic) bond motifs is 1. The van der Waals surface area contributed by atoms with Crippen LogP contribution in [0.5, 0.6) is 0 Å². The van der Waals surface area contributed by atoms with Crippen LogP contribution in [0, 0.1) is 5.92 Å². The number of hydrogen-bond acceptors (Lipinski definition) is 5. The number of aromatic nitrogens is 2. The second kappa shape index (κ2) is 8.77. The van der Waals surface area contributed by atoms with Crippen molar-refractivity contribution >= 4 is 34.3 Å². The van der Waals surface area contributed by atoms with E-state index in [1.807, 2.05) is 55.1 Å². The number of nitrogens with one attached hydrogen (secondary N) is 2. The van der Waals surface area contributed by atoms with Crippen molar-refractivity contribution in [2.75, 3.05) is 36.4 Å². The molecule has 0 saturated carbocycles. The lowest BCUT2D eigenvalue weighted by atomic mass is 10.0. The molecule has 1 aliphatic heterocycles. The number of carbonyl (C=O) groups is 2. The van der Waals surface area contributed by atoms with E-state index in [0.717, 1.165) is 22.3 Å². The van der Waals surface area contributed by atoms with Gasteiger partial charge in [0.15, 0.2) is 0 Å². The lowest BCUT2D eigenvalue weighted by molar-refractivity contribution is -0.143. The minimum atomic E-state index is -0.871. The fourth-order valence-corrected chi connectivity index (χ4v) is 3.98. The van der Waals surface area contributed by atoms with Gasteiger partial charge in [-0.2, -0.15) is 0 Å². The first-order chi connectivity index (χ1) is 14.9. The van der Waals surface area contributed by atoms with E-state index in [4.69, 9.17) is 0 Å². The summed E-state index contributed by atoms with van der Waals surface area (Å²) in [6, 6.07) is 10.6. The third-order valence-corrected chi connectivity index (χ3v) is 5.69. The van der Waals surface area contributed by atoms with Crippen molar-refractivity contribution in [2.45, 2.75) is 19.9 Å². The number of amides is 1. The van der Waals surface area contributed by atoms with Crippen molar-refractivity contribution in [1.82, 2.24) is 14.9 Å². The van der Waals surface area contributed by atoms with Gasteiger partial charge in [-0.25, -0.2) is 4.98 Å². The highest BCUT2D eigenvalue weighted by molar-refractivity contribution is 5.96. The fraction of sp³-hybridized carbons (Fsp3) is 0.348. The zero-order valence-electron chi connectivity index (χ0n) is 17.7. The maximum Gasteiger partial charge on any atom is 0.325 e. The molecule has 3 N–H and O–H groups in total. The molecule has 0 spiro atoms. The number of aromatic amines is 1. The van der Waals surface area contributed by atoms with Crippen LogP contribution in [0.3, 0.4) is 0 Å². The summed E-state index contributed by atoms with van der Waals surface area (Å²) in [6.45, 7) is 6.37. The van der Waals surface area contributed by atoms with Crippen molar-refractivity contribution in [3.63, 3.8) is 0 Å². The van der Waals surface area contributed by atoms with E-state index in [2.05, 4.69) is 20.2 Å². The van der Waals surface area contributed by atoms with Crippen LogP contribution in [0.15, 0.2) is 48.8 Å². The number of aliphatic carboxylic acids is 1. The topological polar surface area (TPSA) is 102 Å². The zero-order valence-corrected chi connectivity index (χ0v) is 17.7. The standard InChI is InChI=1S/C23H27N5O3/c1-15(2)22(29)26-16-6-7-17-18(14-25-19(17)13-16)21(23(30)31)28-11-9-27(10-12-28)20-5-3-4-8-24-20/h3-8,13-15,21,25H,9-12H2,1-2H3,(H,26,29)(H,30,31). The second-order valence-electron chi connectivity index (χ2n) is 8.10. The van der Waals surface area contributed by atoms with Crippen molar-refractivity contribution < 1.29 is 14.7 Å². The molecule has 0 radical (unpaired) electrons. The number of rotatable bonds is 6. The predicted molar refractivity (Wildman–Crippen MR) is 120 cm³/mol. The number of carboxylic acids is 1. The normalized spacial score (nSPS) is 15.9. The van der Waals surface area contributed by atoms with Crippen LogP contribution >= 0.6 is 0 Å². The van der Waals surface area contributed by atoms with Crippen LogP contribution in [-0.4, -0.2) is 58.0 Å². The molecule has 1 saturated heterocycles. The third kappa shape index (κ3) is 4.39. The summed E-state index contributed by atoms with van der Waals surface area (Å²) in [6.07, 6.45) is 3.54. The van der Waals surface area contributed by atoms with Gasteiger partial charge < -0.3 is 20.3 Å². The molecular formula is C23H27N5O3. The van der Waals surface area contributed by atoms with Crippen LogP contribution in [0.1, 0.15) is 25.5 Å². The molecule has 31 heavy (non-hydrogen) atoms. The quantitative estimate of drug-likeness (QED) is 0.565. The largest absolute Gasteiger partial charge is 0.480 e. The first kappa shape index (κ1) is 20.9. The number of benzene rings is 1. The summed E-state index contributed by atoms with van der Waals surface area (Å²) < 4.78 is 0. The lowest BCUT2D eigenvalue weighted by Crippen LogP contribution is -2.49. The van der Waals surface area contributed by atoms with Crippen molar-refractivity contribution in [3.8, 4) is 0 Å². The average Bonchev–Trinajstić information content (AvgIpc) is 3.17. The molecule has 0 aliphatic carbocycles. The Morgan fingerprint density at radius 3 is 2.55 bits per heavy atom. The van der Waals surface area contributed by atoms with E-state index in [1.54, 1.807) is 12.4 Å². The molecule has 1 atom stereocenters. The van der Waals surface area contributed by atoms with Crippen molar-refractivity contribution in [3.05, 3.63) is 54.4 Å². The molecular weight excluding hydrogens is 394 g/mol. The Kier molecular flexibility index (Phi) is 5.90. The molecule has 0 bridgehead atoms. The van der Waals surface area contributed by atoms with E-state index in [0.29, 0.717) is 31.9 Å². The van der Waals surface area contributed by atoms with Crippen LogP contribution in [0.4, 0.5) is 11.5 Å². The molecule has 8 nitrogen and oxygen atoms in total. The molecule has 1 amide bonds. The number of pyridine rings is 1. The highest BCUT2D eigenvalue weighted by Gasteiger charge is 2.32. The Balaban J connectivity index is 1.53. The van der Waals surface area contributed by atoms with Crippen LogP contribution in [-0.2, 0) is 9.59 Å². The first-order valence-electron chi connectivity index (χ1n) is 10.5. The van der Waals surface area contributed by atoms with E-state index in [-0.39, 0.29) is 11.8 Å². The van der Waals surface area contributed by atoms with Crippen LogP contribution in [0.2, 0.25) is 0 Å². The van der Waals surface area contributed by atoms with Gasteiger partial charge >= 0.3 is 5.97 Å². The Labute approximate surface area is 180 Å². The number of piperazine rings is 1. The first-order valence-corrected chi connectivity index (χ1v) is 10.5. The molecule has 1 aromatic carbocycles. The predicted octanol–water partition coefficient (Wildman–Crippen LogP) is 3.11. The van der Waals surface area contributed by atoms with E-state index in [9.17, 15) is 14.7 Å². The maximum atomic E-state index is 12.2.